The Morgan fingerprint density at radius 2 is 1.81 bits per heavy atom. The third kappa shape index (κ3) is 5.42. The Kier molecular flexibility index (Phi) is 9.66. The van der Waals surface area contributed by atoms with Crippen LogP contribution in [-0.2, 0) is 9.53 Å². The molecule has 0 saturated carbocycles. The number of nitrogens with one attached hydrogen (secondary N) is 1. The maximum Gasteiger partial charge on any atom is 0.231 e. The van der Waals surface area contributed by atoms with Crippen LogP contribution in [0.25, 0.3) is 0 Å². The first-order valence-electron chi connectivity index (χ1n) is 9.06. The molecule has 0 atom stereocenters. The molecular formula is C19H30Cl3N3O2. The van der Waals surface area contributed by atoms with Crippen molar-refractivity contribution >= 4 is 48.0 Å². The number of carbonyl (C=O) groups is 1. The Labute approximate surface area is 179 Å². The van der Waals surface area contributed by atoms with Crippen LogP contribution < -0.4 is 10.2 Å². The van der Waals surface area contributed by atoms with Crippen LogP contribution in [-0.4, -0.2) is 63.8 Å². The summed E-state index contributed by atoms with van der Waals surface area (Å²) in [5.74, 6) is 0.262. The van der Waals surface area contributed by atoms with Crippen LogP contribution in [0.5, 0.6) is 0 Å². The predicted octanol–water partition coefficient (Wildman–Crippen LogP) is 3.16. The van der Waals surface area contributed by atoms with Crippen molar-refractivity contribution in [3.63, 3.8) is 0 Å². The molecule has 2 aliphatic heterocycles. The highest BCUT2D eigenvalue weighted by molar-refractivity contribution is 6.30. The summed E-state index contributed by atoms with van der Waals surface area (Å²) in [6.45, 7) is 7.58. The fourth-order valence-corrected chi connectivity index (χ4v) is 4.18. The topological polar surface area (TPSA) is 44.8 Å². The van der Waals surface area contributed by atoms with Crippen molar-refractivity contribution in [2.24, 2.45) is 5.41 Å². The van der Waals surface area contributed by atoms with Crippen molar-refractivity contribution in [1.29, 1.82) is 0 Å². The molecule has 0 radical (unpaired) electrons. The lowest BCUT2D eigenvalue weighted by Gasteiger charge is -2.43. The van der Waals surface area contributed by atoms with Crippen LogP contribution in [0.2, 0.25) is 5.02 Å². The minimum Gasteiger partial charge on any atom is -0.384 e. The first-order valence-corrected chi connectivity index (χ1v) is 9.44. The van der Waals surface area contributed by atoms with Crippen LogP contribution in [0, 0.1) is 12.3 Å². The molecule has 2 fully saturated rings. The van der Waals surface area contributed by atoms with Crippen LogP contribution in [0.4, 0.5) is 5.69 Å². The number of hydrogen-bond donors (Lipinski definition) is 1. The minimum atomic E-state index is -0.353. The van der Waals surface area contributed by atoms with E-state index in [1.54, 1.807) is 7.11 Å². The summed E-state index contributed by atoms with van der Waals surface area (Å²) in [6.07, 6.45) is 1.71. The van der Waals surface area contributed by atoms with E-state index in [-0.39, 0.29) is 36.1 Å². The first-order chi connectivity index (χ1) is 12.1. The molecule has 154 valence electrons. The van der Waals surface area contributed by atoms with Crippen molar-refractivity contribution in [3.05, 3.63) is 28.8 Å². The summed E-state index contributed by atoms with van der Waals surface area (Å²) in [6, 6.07) is 6.00. The van der Waals surface area contributed by atoms with Gasteiger partial charge in [0.15, 0.2) is 0 Å². The number of hydrogen-bond acceptors (Lipinski definition) is 4. The van der Waals surface area contributed by atoms with Crippen LogP contribution in [0.1, 0.15) is 18.4 Å². The second-order valence-corrected chi connectivity index (χ2v) is 7.61. The lowest BCUT2D eigenvalue weighted by atomic mass is 9.78. The zero-order valence-electron chi connectivity index (χ0n) is 16.0. The monoisotopic (exact) mass is 437 g/mol. The second kappa shape index (κ2) is 10.7. The Hall–Kier alpha value is -0.720. The molecule has 27 heavy (non-hydrogen) atoms. The number of benzene rings is 1. The molecule has 2 heterocycles. The fourth-order valence-electron chi connectivity index (χ4n) is 4.01. The number of halogens is 3. The summed E-state index contributed by atoms with van der Waals surface area (Å²) < 4.78 is 5.42. The standard InChI is InChI=1S/C19H28ClN3O2.2ClH/c1-15-3-4-16(20)13-17(15)22-9-11-23(12-10-22)18(24)19(14-25-2)5-7-21-8-6-19;;/h3-4,13,21H,5-12,14H2,1-2H3;2*1H. The predicted molar refractivity (Wildman–Crippen MR) is 116 cm³/mol. The van der Waals surface area contributed by atoms with Crippen molar-refractivity contribution in [2.75, 3.05) is 57.9 Å². The molecule has 0 bridgehead atoms. The summed E-state index contributed by atoms with van der Waals surface area (Å²) in [5, 5.41) is 4.11. The molecule has 5 nitrogen and oxygen atoms in total. The van der Waals surface area contributed by atoms with E-state index >= 15 is 0 Å². The maximum atomic E-state index is 13.2. The van der Waals surface area contributed by atoms with Crippen molar-refractivity contribution in [2.45, 2.75) is 19.8 Å². The Balaban J connectivity index is 0.00000182. The molecule has 2 aliphatic rings. The number of amides is 1. The number of methoxy groups -OCH3 is 1. The summed E-state index contributed by atoms with van der Waals surface area (Å²) in [7, 11) is 1.69. The van der Waals surface area contributed by atoms with E-state index in [9.17, 15) is 4.79 Å². The number of piperazine rings is 1. The van der Waals surface area contributed by atoms with Gasteiger partial charge in [0, 0.05) is 44.0 Å². The van der Waals surface area contributed by atoms with Crippen LogP contribution in [0.15, 0.2) is 18.2 Å². The third-order valence-corrected chi connectivity index (χ3v) is 5.75. The van der Waals surface area contributed by atoms with Gasteiger partial charge >= 0.3 is 0 Å². The van der Waals surface area contributed by atoms with E-state index in [0.29, 0.717) is 6.61 Å². The molecule has 1 aromatic carbocycles. The number of ether oxygens (including phenoxy) is 1. The highest BCUT2D eigenvalue weighted by Crippen LogP contribution is 2.33. The zero-order valence-corrected chi connectivity index (χ0v) is 18.4. The molecule has 8 heteroatoms. The van der Waals surface area contributed by atoms with Gasteiger partial charge in [0.2, 0.25) is 5.91 Å². The summed E-state index contributed by atoms with van der Waals surface area (Å²) in [5.41, 5.74) is 2.04. The largest absolute Gasteiger partial charge is 0.384 e. The van der Waals surface area contributed by atoms with E-state index in [1.807, 2.05) is 17.0 Å². The molecule has 3 rings (SSSR count). The summed E-state index contributed by atoms with van der Waals surface area (Å²) in [4.78, 5) is 17.6. The average molecular weight is 439 g/mol. The van der Waals surface area contributed by atoms with Gasteiger partial charge < -0.3 is 19.9 Å². The molecule has 0 unspecified atom stereocenters. The lowest BCUT2D eigenvalue weighted by Crippen LogP contribution is -2.56. The highest BCUT2D eigenvalue weighted by atomic mass is 35.5. The van der Waals surface area contributed by atoms with E-state index in [4.69, 9.17) is 16.3 Å². The molecule has 0 aromatic heterocycles. The zero-order chi connectivity index (χ0) is 17.9. The third-order valence-electron chi connectivity index (χ3n) is 5.51. The van der Waals surface area contributed by atoms with Crippen molar-refractivity contribution in [1.82, 2.24) is 10.2 Å². The van der Waals surface area contributed by atoms with Gasteiger partial charge in [0.1, 0.15) is 0 Å². The molecule has 0 aliphatic carbocycles. The van der Waals surface area contributed by atoms with Crippen molar-refractivity contribution < 1.29 is 9.53 Å². The van der Waals surface area contributed by atoms with Crippen LogP contribution in [0.3, 0.4) is 0 Å². The normalized spacial score (nSPS) is 19.1. The first kappa shape index (κ1) is 24.3. The van der Waals surface area contributed by atoms with Gasteiger partial charge in [-0.05, 0) is 50.6 Å². The Bertz CT molecular complexity index is 611. The van der Waals surface area contributed by atoms with Gasteiger partial charge in [-0.25, -0.2) is 0 Å². The number of piperidine rings is 1. The van der Waals surface area contributed by atoms with Gasteiger partial charge in [-0.15, -0.1) is 24.8 Å². The SMILES string of the molecule is COCC1(C(=O)N2CCN(c3cc(Cl)ccc3C)CC2)CCNCC1.Cl.Cl. The Morgan fingerprint density at radius 1 is 1.19 bits per heavy atom. The van der Waals surface area contributed by atoms with Gasteiger partial charge in [0.05, 0.1) is 12.0 Å². The van der Waals surface area contributed by atoms with E-state index < -0.39 is 0 Å². The fraction of sp³-hybridized carbons (Fsp3) is 0.632. The van der Waals surface area contributed by atoms with Crippen molar-refractivity contribution in [3.8, 4) is 0 Å². The highest BCUT2D eigenvalue weighted by Gasteiger charge is 2.42. The number of nitrogens with zero attached hydrogens (tertiary/aromatic N) is 2. The van der Waals surface area contributed by atoms with Gasteiger partial charge in [-0.1, -0.05) is 17.7 Å². The van der Waals surface area contributed by atoms with E-state index in [2.05, 4.69) is 23.2 Å². The molecule has 0 spiro atoms. The molecule has 1 N–H and O–H groups in total. The van der Waals surface area contributed by atoms with Gasteiger partial charge in [0.25, 0.3) is 0 Å². The van der Waals surface area contributed by atoms with Crippen LogP contribution >= 0.6 is 36.4 Å². The number of rotatable bonds is 4. The summed E-state index contributed by atoms with van der Waals surface area (Å²) >= 11 is 6.16. The smallest absolute Gasteiger partial charge is 0.231 e. The molecule has 1 aromatic rings. The quantitative estimate of drug-likeness (QED) is 0.784. The van der Waals surface area contributed by atoms with E-state index in [0.717, 1.165) is 57.1 Å². The number of carbonyl (C=O) groups excluding carboxylic acids is 1. The molecule has 1 amide bonds. The molecule has 2 saturated heterocycles. The van der Waals surface area contributed by atoms with Gasteiger partial charge in [-0.3, -0.25) is 4.79 Å². The lowest BCUT2D eigenvalue weighted by molar-refractivity contribution is -0.147. The number of aryl methyl sites for hydroxylation is 1. The maximum absolute atomic E-state index is 13.2. The van der Waals surface area contributed by atoms with E-state index in [1.165, 1.54) is 11.3 Å². The average Bonchev–Trinajstić information content (AvgIpc) is 2.64. The molecular weight excluding hydrogens is 409 g/mol. The van der Waals surface area contributed by atoms with Gasteiger partial charge in [-0.2, -0.15) is 0 Å². The second-order valence-electron chi connectivity index (χ2n) is 7.17. The Morgan fingerprint density at radius 3 is 2.41 bits per heavy atom. The minimum absolute atomic E-state index is 0. The number of anilines is 1.